The molecule has 0 unspecified atom stereocenters. The molecule has 0 spiro atoms. The quantitative estimate of drug-likeness (QED) is 0.313. The van der Waals surface area contributed by atoms with Crippen LogP contribution in [0.15, 0.2) is 47.3 Å². The van der Waals surface area contributed by atoms with Gasteiger partial charge >= 0.3 is 12.1 Å². The minimum absolute atomic E-state index is 0.00543. The van der Waals surface area contributed by atoms with Gasteiger partial charge in [-0.15, -0.1) is 0 Å². The number of carbonyl (C=O) groups is 2. The van der Waals surface area contributed by atoms with Crippen LogP contribution < -0.4 is 11.3 Å². The van der Waals surface area contributed by atoms with Gasteiger partial charge in [0, 0.05) is 34.6 Å². The first-order chi connectivity index (χ1) is 20.1. The highest BCUT2D eigenvalue weighted by atomic mass is 19.1. The highest BCUT2D eigenvalue weighted by Crippen LogP contribution is 2.50. The molecule has 42 heavy (non-hydrogen) atoms. The molecule has 0 bridgehead atoms. The van der Waals surface area contributed by atoms with Crippen molar-refractivity contribution in [3.05, 3.63) is 97.6 Å². The highest BCUT2D eigenvalue weighted by molar-refractivity contribution is 5.94. The van der Waals surface area contributed by atoms with E-state index in [-0.39, 0.29) is 30.7 Å². The highest BCUT2D eigenvalue weighted by Gasteiger charge is 2.48. The van der Waals surface area contributed by atoms with E-state index < -0.39 is 34.6 Å². The molecule has 2 aliphatic heterocycles. The van der Waals surface area contributed by atoms with Gasteiger partial charge in [0.2, 0.25) is 0 Å². The number of pyridine rings is 2. The number of carbonyl (C=O) groups excluding carboxylic acids is 2. The van der Waals surface area contributed by atoms with Crippen molar-refractivity contribution in [3.8, 4) is 11.4 Å². The van der Waals surface area contributed by atoms with Gasteiger partial charge in [-0.25, -0.2) is 19.0 Å². The summed E-state index contributed by atoms with van der Waals surface area (Å²) < 4.78 is 28.0. The molecule has 4 aromatic rings. The molecule has 0 saturated heterocycles. The predicted octanol–water partition coefficient (Wildman–Crippen LogP) is 4.01. The molecule has 1 aliphatic carbocycles. The summed E-state index contributed by atoms with van der Waals surface area (Å²) in [6.45, 7) is 3.19. The van der Waals surface area contributed by atoms with Crippen LogP contribution in [0.25, 0.3) is 22.3 Å². The zero-order valence-corrected chi connectivity index (χ0v) is 23.1. The molecule has 2 aromatic carbocycles. The van der Waals surface area contributed by atoms with Crippen molar-refractivity contribution in [2.45, 2.75) is 63.9 Å². The normalized spacial score (nSPS) is 21.9. The first-order valence-corrected chi connectivity index (χ1v) is 13.9. The Morgan fingerprint density at radius 3 is 2.67 bits per heavy atom. The third-order valence-electron chi connectivity index (χ3n) is 9.17. The van der Waals surface area contributed by atoms with Crippen LogP contribution in [0.3, 0.4) is 0 Å². The Bertz CT molecular complexity index is 1920. The van der Waals surface area contributed by atoms with Gasteiger partial charge < -0.3 is 24.9 Å². The molecule has 214 valence electrons. The summed E-state index contributed by atoms with van der Waals surface area (Å²) in [6, 6.07) is 12.5. The number of cyclic esters (lactones) is 1. The van der Waals surface area contributed by atoms with Crippen molar-refractivity contribution < 1.29 is 28.6 Å². The molecule has 4 heterocycles. The molecular weight excluding hydrogens is 541 g/mol. The van der Waals surface area contributed by atoms with E-state index in [9.17, 15) is 19.5 Å². The van der Waals surface area contributed by atoms with Crippen LogP contribution in [-0.4, -0.2) is 26.7 Å². The van der Waals surface area contributed by atoms with Crippen molar-refractivity contribution in [3.63, 3.8) is 0 Å². The molecule has 0 fully saturated rings. The van der Waals surface area contributed by atoms with E-state index in [1.54, 1.807) is 19.9 Å². The lowest BCUT2D eigenvalue weighted by atomic mass is 9.72. The molecule has 7 rings (SSSR count). The van der Waals surface area contributed by atoms with E-state index in [1.807, 2.05) is 30.3 Å². The summed E-state index contributed by atoms with van der Waals surface area (Å²) in [6.07, 6.45) is 0.132. The number of nitrogens with two attached hydrogens (primary N) is 1. The van der Waals surface area contributed by atoms with Crippen molar-refractivity contribution in [2.75, 3.05) is 0 Å². The number of benzene rings is 2. The van der Waals surface area contributed by atoms with Gasteiger partial charge in [0.15, 0.2) is 5.60 Å². The fourth-order valence-electron chi connectivity index (χ4n) is 7.09. The average Bonchev–Trinajstić information content (AvgIpc) is 3.33. The maximum atomic E-state index is 15.2. The summed E-state index contributed by atoms with van der Waals surface area (Å²) in [7, 11) is 0. The van der Waals surface area contributed by atoms with Gasteiger partial charge in [-0.3, -0.25) is 4.79 Å². The zero-order chi connectivity index (χ0) is 29.6. The van der Waals surface area contributed by atoms with E-state index in [0.717, 1.165) is 11.1 Å². The largest absolute Gasteiger partial charge is 0.458 e. The molecule has 3 N–H and O–H groups in total. The number of aliphatic hydroxyl groups is 1. The minimum Gasteiger partial charge on any atom is -0.458 e. The van der Waals surface area contributed by atoms with Gasteiger partial charge in [0.05, 0.1) is 29.0 Å². The number of amides is 1. The Morgan fingerprint density at radius 2 is 1.95 bits per heavy atom. The van der Waals surface area contributed by atoms with Gasteiger partial charge in [0.1, 0.15) is 18.0 Å². The number of hydrogen-bond donors (Lipinski definition) is 2. The molecular formula is C32H28FN3O6. The van der Waals surface area contributed by atoms with Crippen LogP contribution in [0.1, 0.15) is 58.7 Å². The Hall–Kier alpha value is -4.57. The summed E-state index contributed by atoms with van der Waals surface area (Å²) in [4.78, 5) is 43.8. The Morgan fingerprint density at radius 1 is 1.19 bits per heavy atom. The predicted molar refractivity (Wildman–Crippen MR) is 150 cm³/mol. The third-order valence-corrected chi connectivity index (χ3v) is 9.17. The molecule has 10 heteroatoms. The molecule has 1 amide bonds. The molecule has 2 aromatic heterocycles. The standard InChI is InChI=1S/C32H28FN3O6/c1-3-32(40)21-11-24-27-19(14-36(24)28(37)20(21)15-41-29(32)38)26-25-18(16(2)22(33)12-23(25)35-27)9-10-31(26,42-30(34)39)13-17-7-5-4-6-8-17/h4-8,11-12,40H,3,9-10,13-15H2,1-2H3,(H2,34,39)/t31-,32-/m0/s1. The topological polar surface area (TPSA) is 134 Å². The van der Waals surface area contributed by atoms with Crippen LogP contribution in [0.5, 0.6) is 0 Å². The molecule has 9 nitrogen and oxygen atoms in total. The summed E-state index contributed by atoms with van der Waals surface area (Å²) >= 11 is 0. The van der Waals surface area contributed by atoms with Gasteiger partial charge in [-0.2, -0.15) is 0 Å². The molecule has 3 aliphatic rings. The van der Waals surface area contributed by atoms with E-state index in [4.69, 9.17) is 20.2 Å². The number of fused-ring (bicyclic) bond motifs is 5. The lowest BCUT2D eigenvalue weighted by Crippen LogP contribution is -2.44. The van der Waals surface area contributed by atoms with Crippen LogP contribution in [0.4, 0.5) is 9.18 Å². The maximum Gasteiger partial charge on any atom is 0.405 e. The molecule has 0 saturated carbocycles. The summed E-state index contributed by atoms with van der Waals surface area (Å²) in [5, 5.41) is 12.0. The summed E-state index contributed by atoms with van der Waals surface area (Å²) in [5.41, 5.74) is 7.06. The van der Waals surface area contributed by atoms with Gasteiger partial charge in [-0.1, -0.05) is 37.3 Å². The first-order valence-electron chi connectivity index (χ1n) is 13.9. The number of nitrogens with zero attached hydrogens (tertiary/aromatic N) is 2. The van der Waals surface area contributed by atoms with Crippen molar-refractivity contribution in [2.24, 2.45) is 5.73 Å². The van der Waals surface area contributed by atoms with Crippen LogP contribution in [0, 0.1) is 12.7 Å². The second-order valence-corrected chi connectivity index (χ2v) is 11.4. The Balaban J connectivity index is 1.57. The second-order valence-electron chi connectivity index (χ2n) is 11.4. The lowest BCUT2D eigenvalue weighted by molar-refractivity contribution is -0.172. The minimum atomic E-state index is -1.99. The van der Waals surface area contributed by atoms with Crippen molar-refractivity contribution in [1.82, 2.24) is 9.55 Å². The fourth-order valence-corrected chi connectivity index (χ4v) is 7.09. The number of primary amides is 1. The SMILES string of the molecule is CC[C@@]1(O)C(=O)OCc2c1cc1n(c2=O)Cc2c-1nc1cc(F)c(C)c3c1c2[C@](Cc1ccccc1)(OC(N)=O)CC3. The average molecular weight is 570 g/mol. The summed E-state index contributed by atoms with van der Waals surface area (Å²) in [5.74, 6) is -1.23. The van der Waals surface area contributed by atoms with E-state index in [1.165, 1.54) is 10.6 Å². The maximum absolute atomic E-state index is 15.2. The Labute approximate surface area is 239 Å². The zero-order valence-electron chi connectivity index (χ0n) is 23.1. The smallest absolute Gasteiger partial charge is 0.405 e. The van der Waals surface area contributed by atoms with E-state index in [0.29, 0.717) is 58.2 Å². The second kappa shape index (κ2) is 8.96. The Kier molecular flexibility index (Phi) is 5.62. The number of rotatable bonds is 4. The molecule has 0 radical (unpaired) electrons. The van der Waals surface area contributed by atoms with Crippen LogP contribution in [-0.2, 0) is 51.5 Å². The number of esters is 1. The van der Waals surface area contributed by atoms with Crippen LogP contribution >= 0.6 is 0 Å². The van der Waals surface area contributed by atoms with Crippen LogP contribution in [0.2, 0.25) is 0 Å². The third kappa shape index (κ3) is 3.51. The van der Waals surface area contributed by atoms with Gasteiger partial charge in [0.25, 0.3) is 5.56 Å². The number of halogens is 1. The first kappa shape index (κ1) is 26.3. The number of aryl methyl sites for hydroxylation is 1. The molecule has 2 atom stereocenters. The van der Waals surface area contributed by atoms with E-state index >= 15 is 4.39 Å². The fraction of sp³-hybridized carbons (Fsp3) is 0.312. The van der Waals surface area contributed by atoms with Crippen molar-refractivity contribution in [1.29, 1.82) is 0 Å². The van der Waals surface area contributed by atoms with Gasteiger partial charge in [-0.05, 0) is 48.9 Å². The van der Waals surface area contributed by atoms with E-state index in [2.05, 4.69) is 0 Å². The number of aromatic nitrogens is 2. The lowest BCUT2D eigenvalue weighted by Gasteiger charge is -2.39. The number of hydrogen-bond acceptors (Lipinski definition) is 7. The number of ether oxygens (including phenoxy) is 2. The monoisotopic (exact) mass is 569 g/mol. The van der Waals surface area contributed by atoms with Crippen molar-refractivity contribution >= 4 is 23.0 Å².